The third-order valence-electron chi connectivity index (χ3n) is 6.70. The highest BCUT2D eigenvalue weighted by Gasteiger charge is 2.32. The van der Waals surface area contributed by atoms with Crippen LogP contribution in [0.15, 0.2) is 79.3 Å². The number of hydrogen-bond acceptors (Lipinski definition) is 5. The summed E-state index contributed by atoms with van der Waals surface area (Å²) in [4.78, 5) is 24.2. The number of nitrogens with one attached hydrogen (secondary N) is 1. The van der Waals surface area contributed by atoms with E-state index in [4.69, 9.17) is 4.74 Å². The molecular formula is C28H30N4O3. The van der Waals surface area contributed by atoms with Crippen molar-refractivity contribution in [2.75, 3.05) is 32.7 Å². The molecule has 0 aliphatic carbocycles. The summed E-state index contributed by atoms with van der Waals surface area (Å²) in [7, 11) is 0. The van der Waals surface area contributed by atoms with Crippen molar-refractivity contribution in [2.24, 2.45) is 0 Å². The molecule has 2 aromatic heterocycles. The quantitative estimate of drug-likeness (QED) is 0.383. The van der Waals surface area contributed by atoms with Crippen molar-refractivity contribution < 1.29 is 14.6 Å². The van der Waals surface area contributed by atoms with Gasteiger partial charge in [0.2, 0.25) is 0 Å². The normalized spacial score (nSPS) is 15.8. The maximum atomic E-state index is 12.4. The SMILES string of the molecule is O=C(O)C(c1c[nH]c2cc(OCc3ccccc3)ccc12)N1CCN(CCc2ccncc2)CC1. The fourth-order valence-corrected chi connectivity index (χ4v) is 4.75. The molecule has 1 saturated heterocycles. The molecule has 5 rings (SSSR count). The van der Waals surface area contributed by atoms with Gasteiger partial charge in [0.25, 0.3) is 0 Å². The summed E-state index contributed by atoms with van der Waals surface area (Å²) in [5.74, 6) is -0.0648. The van der Waals surface area contributed by atoms with Crippen LogP contribution in [0.4, 0.5) is 0 Å². The number of H-pyrrole nitrogens is 1. The number of carbonyl (C=O) groups is 1. The van der Waals surface area contributed by atoms with Crippen LogP contribution >= 0.6 is 0 Å². The first-order valence-electron chi connectivity index (χ1n) is 12.0. The second-order valence-corrected chi connectivity index (χ2v) is 8.95. The minimum Gasteiger partial charge on any atom is -0.489 e. The van der Waals surface area contributed by atoms with Crippen LogP contribution < -0.4 is 4.74 Å². The van der Waals surface area contributed by atoms with Gasteiger partial charge in [-0.1, -0.05) is 30.3 Å². The van der Waals surface area contributed by atoms with E-state index in [-0.39, 0.29) is 0 Å². The average molecular weight is 471 g/mol. The Morgan fingerprint density at radius 3 is 2.51 bits per heavy atom. The number of piperazine rings is 1. The zero-order valence-corrected chi connectivity index (χ0v) is 19.6. The Bertz CT molecular complexity index is 1250. The summed E-state index contributed by atoms with van der Waals surface area (Å²) in [6, 6.07) is 19.3. The van der Waals surface area contributed by atoms with E-state index in [1.807, 2.05) is 79.3 Å². The van der Waals surface area contributed by atoms with Gasteiger partial charge in [-0.05, 0) is 41.8 Å². The molecule has 180 valence electrons. The molecule has 1 unspecified atom stereocenters. The molecule has 2 aromatic carbocycles. The van der Waals surface area contributed by atoms with Gasteiger partial charge in [0.1, 0.15) is 18.4 Å². The second kappa shape index (κ2) is 10.7. The van der Waals surface area contributed by atoms with E-state index in [0.29, 0.717) is 6.61 Å². The number of pyridine rings is 1. The van der Waals surface area contributed by atoms with E-state index in [1.54, 1.807) is 0 Å². The molecule has 1 aliphatic heterocycles. The summed E-state index contributed by atoms with van der Waals surface area (Å²) in [5.41, 5.74) is 4.06. The molecule has 2 N–H and O–H groups in total. The van der Waals surface area contributed by atoms with Crippen LogP contribution in [0.5, 0.6) is 5.75 Å². The molecule has 7 nitrogen and oxygen atoms in total. The Kier molecular flexibility index (Phi) is 7.07. The number of aliphatic carboxylic acids is 1. The maximum Gasteiger partial charge on any atom is 0.325 e. The standard InChI is InChI=1S/C28H30N4O3/c33-28(34)27(32-16-14-31(15-17-32)13-10-21-8-11-29-12-9-21)25-19-30-26-18-23(6-7-24(25)26)35-20-22-4-2-1-3-5-22/h1-9,11-12,18-19,27,30H,10,13-17,20H2,(H,33,34). The lowest BCUT2D eigenvalue weighted by Gasteiger charge is -2.37. The molecule has 0 radical (unpaired) electrons. The van der Waals surface area contributed by atoms with Crippen LogP contribution in [-0.4, -0.2) is 63.6 Å². The smallest absolute Gasteiger partial charge is 0.325 e. The Hall–Kier alpha value is -3.68. The molecule has 1 fully saturated rings. The number of carboxylic acids is 1. The highest BCUT2D eigenvalue weighted by Crippen LogP contribution is 2.31. The minimum absolute atomic E-state index is 0.489. The van der Waals surface area contributed by atoms with Crippen LogP contribution in [0, 0.1) is 0 Å². The van der Waals surface area contributed by atoms with Gasteiger partial charge in [-0.3, -0.25) is 14.7 Å². The Morgan fingerprint density at radius 2 is 1.77 bits per heavy atom. The fourth-order valence-electron chi connectivity index (χ4n) is 4.75. The van der Waals surface area contributed by atoms with Crippen molar-refractivity contribution in [1.82, 2.24) is 19.8 Å². The van der Waals surface area contributed by atoms with Gasteiger partial charge in [-0.25, -0.2) is 0 Å². The fraction of sp³-hybridized carbons (Fsp3) is 0.286. The molecule has 4 aromatic rings. The van der Waals surface area contributed by atoms with Crippen molar-refractivity contribution in [1.29, 1.82) is 0 Å². The lowest BCUT2D eigenvalue weighted by atomic mass is 10.0. The van der Waals surface area contributed by atoms with Crippen molar-refractivity contribution in [3.63, 3.8) is 0 Å². The summed E-state index contributed by atoms with van der Waals surface area (Å²) >= 11 is 0. The van der Waals surface area contributed by atoms with E-state index in [9.17, 15) is 9.90 Å². The van der Waals surface area contributed by atoms with Gasteiger partial charge >= 0.3 is 5.97 Å². The molecule has 1 aliphatic rings. The van der Waals surface area contributed by atoms with Crippen LogP contribution in [0.1, 0.15) is 22.7 Å². The van der Waals surface area contributed by atoms with Gasteiger partial charge in [0.15, 0.2) is 0 Å². The first-order chi connectivity index (χ1) is 17.2. The molecule has 35 heavy (non-hydrogen) atoms. The molecule has 0 amide bonds. The monoisotopic (exact) mass is 470 g/mol. The number of fused-ring (bicyclic) bond motifs is 1. The van der Waals surface area contributed by atoms with Gasteiger partial charge in [0, 0.05) is 73.8 Å². The summed E-state index contributed by atoms with van der Waals surface area (Å²) in [5, 5.41) is 11.1. The highest BCUT2D eigenvalue weighted by molar-refractivity contribution is 5.90. The predicted octanol–water partition coefficient (Wildman–Crippen LogP) is 4.13. The molecule has 1 atom stereocenters. The molecule has 7 heteroatoms. The third kappa shape index (κ3) is 5.53. The van der Waals surface area contributed by atoms with Crippen LogP contribution in [0.2, 0.25) is 0 Å². The zero-order valence-electron chi connectivity index (χ0n) is 19.6. The first-order valence-corrected chi connectivity index (χ1v) is 12.0. The van der Waals surface area contributed by atoms with Crippen LogP contribution in [0.25, 0.3) is 10.9 Å². The topological polar surface area (TPSA) is 81.7 Å². The van der Waals surface area contributed by atoms with Gasteiger partial charge in [-0.15, -0.1) is 0 Å². The largest absolute Gasteiger partial charge is 0.489 e. The first kappa shape index (κ1) is 23.1. The minimum atomic E-state index is -0.819. The van der Waals surface area contributed by atoms with Crippen LogP contribution in [-0.2, 0) is 17.8 Å². The van der Waals surface area contributed by atoms with Crippen molar-refractivity contribution >= 4 is 16.9 Å². The highest BCUT2D eigenvalue weighted by atomic mass is 16.5. The number of aromatic amines is 1. The van der Waals surface area contributed by atoms with E-state index in [0.717, 1.165) is 66.9 Å². The summed E-state index contributed by atoms with van der Waals surface area (Å²) < 4.78 is 5.94. The molecule has 3 heterocycles. The Morgan fingerprint density at radius 1 is 1.00 bits per heavy atom. The Labute approximate surface area is 205 Å². The van der Waals surface area contributed by atoms with E-state index < -0.39 is 12.0 Å². The van der Waals surface area contributed by atoms with E-state index in [2.05, 4.69) is 19.8 Å². The summed E-state index contributed by atoms with van der Waals surface area (Å²) in [6.07, 6.45) is 6.46. The van der Waals surface area contributed by atoms with E-state index >= 15 is 0 Å². The van der Waals surface area contributed by atoms with Crippen molar-refractivity contribution in [2.45, 2.75) is 19.1 Å². The van der Waals surface area contributed by atoms with Crippen LogP contribution in [0.3, 0.4) is 0 Å². The second-order valence-electron chi connectivity index (χ2n) is 8.95. The molecule has 0 bridgehead atoms. The number of nitrogens with zero attached hydrogens (tertiary/aromatic N) is 3. The van der Waals surface area contributed by atoms with Crippen molar-refractivity contribution in [3.8, 4) is 5.75 Å². The lowest BCUT2D eigenvalue weighted by Crippen LogP contribution is -2.49. The number of carboxylic acid groups (broad SMARTS) is 1. The number of rotatable bonds is 9. The Balaban J connectivity index is 1.23. The van der Waals surface area contributed by atoms with Gasteiger partial charge in [0.05, 0.1) is 0 Å². The molecular weight excluding hydrogens is 440 g/mol. The zero-order chi connectivity index (χ0) is 24.0. The van der Waals surface area contributed by atoms with Gasteiger partial charge < -0.3 is 19.7 Å². The third-order valence-corrected chi connectivity index (χ3v) is 6.70. The van der Waals surface area contributed by atoms with Gasteiger partial charge in [-0.2, -0.15) is 0 Å². The number of ether oxygens (including phenoxy) is 1. The molecule has 0 saturated carbocycles. The van der Waals surface area contributed by atoms with E-state index in [1.165, 1.54) is 5.56 Å². The predicted molar refractivity (Wildman–Crippen MR) is 135 cm³/mol. The maximum absolute atomic E-state index is 12.4. The average Bonchev–Trinajstić information content (AvgIpc) is 3.31. The summed E-state index contributed by atoms with van der Waals surface area (Å²) in [6.45, 7) is 4.61. The number of benzene rings is 2. The number of hydrogen-bond donors (Lipinski definition) is 2. The lowest BCUT2D eigenvalue weighted by molar-refractivity contribution is -0.144. The van der Waals surface area contributed by atoms with Crippen molar-refractivity contribution in [3.05, 3.63) is 95.9 Å². The number of aromatic nitrogens is 2. The molecule has 0 spiro atoms.